The lowest BCUT2D eigenvalue weighted by molar-refractivity contribution is 0.0520. The van der Waals surface area contributed by atoms with Crippen LogP contribution in [0.15, 0.2) is 0 Å². The number of nitrogens with two attached hydrogens (primary N) is 1. The molecule has 1 heterocycles. The number of carbonyl (C=O) groups is 1. The number of aromatic amines is 1. The number of hydrogen-bond acceptors (Lipinski definition) is 4. The molecule has 0 bridgehead atoms. The highest BCUT2D eigenvalue weighted by molar-refractivity contribution is 5.93. The molecular weight excluding hydrogens is 170 g/mol. The van der Waals surface area contributed by atoms with Crippen LogP contribution in [-0.2, 0) is 11.2 Å². The van der Waals surface area contributed by atoms with Crippen LogP contribution in [-0.4, -0.2) is 22.8 Å². The van der Waals surface area contributed by atoms with Crippen LogP contribution in [0, 0.1) is 0 Å². The molecule has 0 radical (unpaired) electrons. The molecule has 0 spiro atoms. The smallest absolute Gasteiger partial charge is 0.361 e. The van der Waals surface area contributed by atoms with Crippen LogP contribution in [0.25, 0.3) is 0 Å². The average Bonchev–Trinajstić information content (AvgIpc) is 2.47. The third-order valence-electron chi connectivity index (χ3n) is 1.71. The summed E-state index contributed by atoms with van der Waals surface area (Å²) in [5.74, 6) is -0.476. The van der Waals surface area contributed by atoms with Gasteiger partial charge in [0.05, 0.1) is 18.0 Å². The molecule has 0 fully saturated rings. The molecule has 0 unspecified atom stereocenters. The zero-order valence-electron chi connectivity index (χ0n) is 7.76. The SMILES string of the molecule is CCOC(=O)c1n[nH]c(CC)c1N. The van der Waals surface area contributed by atoms with Gasteiger partial charge in [0.25, 0.3) is 0 Å². The minimum absolute atomic E-state index is 0.179. The Hall–Kier alpha value is -1.52. The van der Waals surface area contributed by atoms with Gasteiger partial charge in [0.2, 0.25) is 0 Å². The van der Waals surface area contributed by atoms with Gasteiger partial charge in [-0.05, 0) is 13.3 Å². The number of aryl methyl sites for hydroxylation is 1. The Morgan fingerprint density at radius 1 is 1.62 bits per heavy atom. The average molecular weight is 183 g/mol. The molecule has 0 aliphatic heterocycles. The van der Waals surface area contributed by atoms with E-state index >= 15 is 0 Å². The molecule has 0 saturated carbocycles. The van der Waals surface area contributed by atoms with Gasteiger partial charge in [0, 0.05) is 0 Å². The normalized spacial score (nSPS) is 10.0. The lowest BCUT2D eigenvalue weighted by Crippen LogP contribution is -2.07. The van der Waals surface area contributed by atoms with E-state index in [1.165, 1.54) is 0 Å². The second-order valence-electron chi connectivity index (χ2n) is 2.54. The standard InChI is InChI=1S/C8H13N3O2/c1-3-5-6(9)7(11-10-5)8(12)13-4-2/h3-4,9H2,1-2H3,(H,10,11). The number of H-pyrrole nitrogens is 1. The van der Waals surface area contributed by atoms with Crippen molar-refractivity contribution in [1.82, 2.24) is 10.2 Å². The first-order valence-corrected chi connectivity index (χ1v) is 4.20. The number of nitrogens with zero attached hydrogens (tertiary/aromatic N) is 1. The van der Waals surface area contributed by atoms with Crippen molar-refractivity contribution in [2.45, 2.75) is 20.3 Å². The summed E-state index contributed by atoms with van der Waals surface area (Å²) < 4.78 is 4.77. The Morgan fingerprint density at radius 3 is 2.77 bits per heavy atom. The van der Waals surface area contributed by atoms with Gasteiger partial charge in [-0.1, -0.05) is 6.92 Å². The Balaban J connectivity index is 2.89. The van der Waals surface area contributed by atoms with Crippen molar-refractivity contribution in [1.29, 1.82) is 0 Å². The van der Waals surface area contributed by atoms with Crippen LogP contribution in [0.5, 0.6) is 0 Å². The first-order chi connectivity index (χ1) is 6.20. The zero-order chi connectivity index (χ0) is 9.84. The fourth-order valence-corrected chi connectivity index (χ4v) is 1.01. The van der Waals surface area contributed by atoms with Crippen LogP contribution in [0.2, 0.25) is 0 Å². The molecule has 0 aromatic carbocycles. The summed E-state index contributed by atoms with van der Waals surface area (Å²) in [5.41, 5.74) is 6.99. The summed E-state index contributed by atoms with van der Waals surface area (Å²) in [7, 11) is 0. The predicted molar refractivity (Wildman–Crippen MR) is 48.3 cm³/mol. The van der Waals surface area contributed by atoms with Gasteiger partial charge in [-0.3, -0.25) is 5.10 Å². The Labute approximate surface area is 76.3 Å². The summed E-state index contributed by atoms with van der Waals surface area (Å²) in [4.78, 5) is 11.2. The summed E-state index contributed by atoms with van der Waals surface area (Å²) in [6.07, 6.45) is 0.720. The number of nitrogens with one attached hydrogen (secondary N) is 1. The van der Waals surface area contributed by atoms with E-state index in [0.717, 1.165) is 12.1 Å². The molecule has 5 heteroatoms. The Morgan fingerprint density at radius 2 is 2.31 bits per heavy atom. The van der Waals surface area contributed by atoms with E-state index in [-0.39, 0.29) is 5.69 Å². The lowest BCUT2D eigenvalue weighted by atomic mass is 10.2. The molecule has 13 heavy (non-hydrogen) atoms. The number of esters is 1. The first kappa shape index (κ1) is 9.57. The maximum Gasteiger partial charge on any atom is 0.361 e. The fourth-order valence-electron chi connectivity index (χ4n) is 1.01. The van der Waals surface area contributed by atoms with Crippen molar-refractivity contribution >= 4 is 11.7 Å². The minimum Gasteiger partial charge on any atom is -0.461 e. The van der Waals surface area contributed by atoms with E-state index in [1.807, 2.05) is 6.92 Å². The van der Waals surface area contributed by atoms with Crippen LogP contribution >= 0.6 is 0 Å². The van der Waals surface area contributed by atoms with Gasteiger partial charge in [-0.15, -0.1) is 0 Å². The highest BCUT2D eigenvalue weighted by Gasteiger charge is 2.16. The quantitative estimate of drug-likeness (QED) is 0.677. The second kappa shape index (κ2) is 3.93. The molecule has 5 nitrogen and oxygen atoms in total. The van der Waals surface area contributed by atoms with Crippen LogP contribution < -0.4 is 5.73 Å². The maximum absolute atomic E-state index is 11.2. The summed E-state index contributed by atoms with van der Waals surface area (Å²) in [6.45, 7) is 3.99. The van der Waals surface area contributed by atoms with Crippen LogP contribution in [0.1, 0.15) is 30.0 Å². The first-order valence-electron chi connectivity index (χ1n) is 4.20. The molecule has 1 aromatic rings. The highest BCUT2D eigenvalue weighted by atomic mass is 16.5. The summed E-state index contributed by atoms with van der Waals surface area (Å²) in [6, 6.07) is 0. The molecule has 1 aromatic heterocycles. The van der Waals surface area contributed by atoms with E-state index in [2.05, 4.69) is 10.2 Å². The monoisotopic (exact) mass is 183 g/mol. The molecule has 0 aliphatic carbocycles. The number of rotatable bonds is 3. The number of aromatic nitrogens is 2. The second-order valence-corrected chi connectivity index (χ2v) is 2.54. The summed E-state index contributed by atoms with van der Waals surface area (Å²) in [5, 5.41) is 6.47. The topological polar surface area (TPSA) is 81.0 Å². The number of ether oxygens (including phenoxy) is 1. The largest absolute Gasteiger partial charge is 0.461 e. The molecule has 0 amide bonds. The maximum atomic E-state index is 11.2. The molecule has 3 N–H and O–H groups in total. The van der Waals surface area contributed by atoms with Gasteiger partial charge in [0.1, 0.15) is 0 Å². The van der Waals surface area contributed by atoms with Gasteiger partial charge in [-0.2, -0.15) is 5.10 Å². The number of nitrogen functional groups attached to an aromatic ring is 1. The van der Waals surface area contributed by atoms with E-state index < -0.39 is 5.97 Å². The molecule has 0 saturated heterocycles. The number of carbonyl (C=O) groups excluding carboxylic acids is 1. The third-order valence-corrected chi connectivity index (χ3v) is 1.71. The molecular formula is C8H13N3O2. The van der Waals surface area contributed by atoms with Crippen molar-refractivity contribution in [3.63, 3.8) is 0 Å². The lowest BCUT2D eigenvalue weighted by Gasteiger charge is -1.98. The van der Waals surface area contributed by atoms with Crippen molar-refractivity contribution < 1.29 is 9.53 Å². The van der Waals surface area contributed by atoms with E-state index in [9.17, 15) is 4.79 Å². The molecule has 1 rings (SSSR count). The Bertz CT molecular complexity index is 306. The number of anilines is 1. The molecule has 0 aliphatic rings. The van der Waals surface area contributed by atoms with E-state index in [1.54, 1.807) is 6.92 Å². The van der Waals surface area contributed by atoms with Crippen LogP contribution in [0.3, 0.4) is 0 Å². The fraction of sp³-hybridized carbons (Fsp3) is 0.500. The summed E-state index contributed by atoms with van der Waals surface area (Å²) >= 11 is 0. The van der Waals surface area contributed by atoms with Gasteiger partial charge >= 0.3 is 5.97 Å². The van der Waals surface area contributed by atoms with Crippen molar-refractivity contribution in [3.8, 4) is 0 Å². The molecule has 72 valence electrons. The zero-order valence-corrected chi connectivity index (χ0v) is 7.76. The van der Waals surface area contributed by atoms with Gasteiger partial charge < -0.3 is 10.5 Å². The van der Waals surface area contributed by atoms with Gasteiger partial charge in [-0.25, -0.2) is 4.79 Å². The van der Waals surface area contributed by atoms with E-state index in [0.29, 0.717) is 12.3 Å². The van der Waals surface area contributed by atoms with Crippen molar-refractivity contribution in [3.05, 3.63) is 11.4 Å². The van der Waals surface area contributed by atoms with Crippen molar-refractivity contribution in [2.75, 3.05) is 12.3 Å². The Kier molecular flexibility index (Phi) is 2.89. The third kappa shape index (κ3) is 1.80. The number of hydrogen-bond donors (Lipinski definition) is 2. The van der Waals surface area contributed by atoms with E-state index in [4.69, 9.17) is 10.5 Å². The predicted octanol–water partition coefficient (Wildman–Crippen LogP) is 0.731. The highest BCUT2D eigenvalue weighted by Crippen LogP contribution is 2.14. The minimum atomic E-state index is -0.476. The van der Waals surface area contributed by atoms with Crippen LogP contribution in [0.4, 0.5) is 5.69 Å². The molecule has 0 atom stereocenters. The van der Waals surface area contributed by atoms with Crippen molar-refractivity contribution in [2.24, 2.45) is 0 Å². The van der Waals surface area contributed by atoms with Gasteiger partial charge in [0.15, 0.2) is 5.69 Å².